The lowest BCUT2D eigenvalue weighted by atomic mass is 10.1. The molecule has 5 nitrogen and oxygen atoms in total. The van der Waals surface area contributed by atoms with Gasteiger partial charge < -0.3 is 9.84 Å². The Morgan fingerprint density at radius 2 is 1.38 bits per heavy atom. The van der Waals surface area contributed by atoms with Crippen LogP contribution >= 0.6 is 0 Å². The van der Waals surface area contributed by atoms with Gasteiger partial charge in [0.2, 0.25) is 0 Å². The standard InChI is InChI=1S/C21H41NO4/c1-4-6-8-9-10-11-12-16-22(19(3)21(24)25)17-14-15-20(23)26-18-13-7-5-2/h19H,4-18H2,1-3H3,(H,24,25)/t19-/m0/s1. The van der Waals surface area contributed by atoms with E-state index in [1.165, 1.54) is 32.1 Å². The van der Waals surface area contributed by atoms with Crippen LogP contribution in [-0.2, 0) is 14.3 Å². The van der Waals surface area contributed by atoms with E-state index in [0.717, 1.165) is 38.6 Å². The van der Waals surface area contributed by atoms with E-state index in [4.69, 9.17) is 4.74 Å². The molecule has 26 heavy (non-hydrogen) atoms. The van der Waals surface area contributed by atoms with Crippen LogP contribution in [0.3, 0.4) is 0 Å². The van der Waals surface area contributed by atoms with E-state index in [1.807, 2.05) is 4.90 Å². The first-order valence-corrected chi connectivity index (χ1v) is 10.6. The topological polar surface area (TPSA) is 66.8 Å². The highest BCUT2D eigenvalue weighted by Gasteiger charge is 2.20. The molecule has 0 aliphatic rings. The molecule has 0 aromatic heterocycles. The number of ether oxygens (including phenoxy) is 1. The minimum Gasteiger partial charge on any atom is -0.480 e. The molecular weight excluding hydrogens is 330 g/mol. The van der Waals surface area contributed by atoms with Crippen LogP contribution in [0, 0.1) is 0 Å². The van der Waals surface area contributed by atoms with Gasteiger partial charge >= 0.3 is 11.9 Å². The van der Waals surface area contributed by atoms with Crippen LogP contribution in [0.1, 0.15) is 97.8 Å². The molecule has 0 saturated carbocycles. The summed E-state index contributed by atoms with van der Waals surface area (Å²) in [4.78, 5) is 25.0. The number of rotatable bonds is 18. The molecular formula is C21H41NO4. The second-order valence-electron chi connectivity index (χ2n) is 7.20. The number of esters is 1. The number of hydrogen-bond acceptors (Lipinski definition) is 4. The zero-order chi connectivity index (χ0) is 19.6. The Kier molecular flexibility index (Phi) is 16.6. The SMILES string of the molecule is CCCCCCCCCN(CCCC(=O)OCCCCC)[C@@H](C)C(=O)O. The predicted molar refractivity (Wildman–Crippen MR) is 106 cm³/mol. The molecule has 0 spiro atoms. The van der Waals surface area contributed by atoms with Gasteiger partial charge in [-0.2, -0.15) is 0 Å². The van der Waals surface area contributed by atoms with Gasteiger partial charge in [-0.3, -0.25) is 14.5 Å². The summed E-state index contributed by atoms with van der Waals surface area (Å²) in [6.07, 6.45) is 12.6. The maximum absolute atomic E-state index is 11.7. The fraction of sp³-hybridized carbons (Fsp3) is 0.905. The summed E-state index contributed by atoms with van der Waals surface area (Å²) >= 11 is 0. The van der Waals surface area contributed by atoms with Gasteiger partial charge in [-0.15, -0.1) is 0 Å². The number of hydrogen-bond donors (Lipinski definition) is 1. The average Bonchev–Trinajstić information content (AvgIpc) is 2.62. The number of aliphatic carboxylic acids is 1. The summed E-state index contributed by atoms with van der Waals surface area (Å²) in [5, 5.41) is 9.29. The molecule has 0 aromatic carbocycles. The molecule has 0 saturated heterocycles. The Hall–Kier alpha value is -1.10. The van der Waals surface area contributed by atoms with Crippen molar-refractivity contribution in [3.8, 4) is 0 Å². The van der Waals surface area contributed by atoms with E-state index in [0.29, 0.717) is 26.0 Å². The Labute approximate surface area is 160 Å². The predicted octanol–water partition coefficient (Wildman–Crippen LogP) is 5.03. The highest BCUT2D eigenvalue weighted by atomic mass is 16.5. The third-order valence-corrected chi connectivity index (χ3v) is 4.79. The van der Waals surface area contributed by atoms with Crippen molar-refractivity contribution in [1.82, 2.24) is 4.90 Å². The molecule has 0 radical (unpaired) electrons. The molecule has 1 atom stereocenters. The average molecular weight is 372 g/mol. The van der Waals surface area contributed by atoms with Crippen molar-refractivity contribution < 1.29 is 19.4 Å². The third-order valence-electron chi connectivity index (χ3n) is 4.79. The summed E-state index contributed by atoms with van der Waals surface area (Å²) in [7, 11) is 0. The van der Waals surface area contributed by atoms with Crippen molar-refractivity contribution in [2.45, 2.75) is 104 Å². The van der Waals surface area contributed by atoms with E-state index < -0.39 is 12.0 Å². The van der Waals surface area contributed by atoms with Crippen molar-refractivity contribution in [3.63, 3.8) is 0 Å². The van der Waals surface area contributed by atoms with Crippen LogP contribution in [0.2, 0.25) is 0 Å². The maximum atomic E-state index is 11.7. The van der Waals surface area contributed by atoms with Gasteiger partial charge in [0, 0.05) is 6.42 Å². The molecule has 0 bridgehead atoms. The Morgan fingerprint density at radius 1 is 0.846 bits per heavy atom. The number of nitrogens with zero attached hydrogens (tertiary/aromatic N) is 1. The van der Waals surface area contributed by atoms with Gasteiger partial charge in [-0.25, -0.2) is 0 Å². The Morgan fingerprint density at radius 3 is 2.00 bits per heavy atom. The summed E-state index contributed by atoms with van der Waals surface area (Å²) in [5.41, 5.74) is 0. The van der Waals surface area contributed by atoms with Gasteiger partial charge in [0.15, 0.2) is 0 Å². The largest absolute Gasteiger partial charge is 0.480 e. The summed E-state index contributed by atoms with van der Waals surface area (Å²) in [6.45, 7) is 7.98. The lowest BCUT2D eigenvalue weighted by Crippen LogP contribution is -2.40. The van der Waals surface area contributed by atoms with E-state index in [1.54, 1.807) is 6.92 Å². The molecule has 0 rings (SSSR count). The van der Waals surface area contributed by atoms with Crippen LogP contribution in [0.25, 0.3) is 0 Å². The smallest absolute Gasteiger partial charge is 0.320 e. The molecule has 1 N–H and O–H groups in total. The number of carboxylic acid groups (broad SMARTS) is 1. The van der Waals surface area contributed by atoms with Crippen LogP contribution in [0.5, 0.6) is 0 Å². The highest BCUT2D eigenvalue weighted by Crippen LogP contribution is 2.10. The normalized spacial score (nSPS) is 12.3. The molecule has 0 aliphatic heterocycles. The van der Waals surface area contributed by atoms with Crippen LogP contribution in [-0.4, -0.2) is 47.7 Å². The fourth-order valence-electron chi connectivity index (χ4n) is 2.96. The summed E-state index contributed by atoms with van der Waals surface area (Å²) in [5.74, 6) is -0.963. The Balaban J connectivity index is 4.00. The number of carboxylic acids is 1. The monoisotopic (exact) mass is 371 g/mol. The third kappa shape index (κ3) is 14.1. The molecule has 0 unspecified atom stereocenters. The van der Waals surface area contributed by atoms with Gasteiger partial charge in [-0.05, 0) is 39.3 Å². The lowest BCUT2D eigenvalue weighted by molar-refractivity contribution is -0.144. The second kappa shape index (κ2) is 17.3. The first-order valence-electron chi connectivity index (χ1n) is 10.6. The molecule has 0 amide bonds. The minimum absolute atomic E-state index is 0.167. The van der Waals surface area contributed by atoms with E-state index >= 15 is 0 Å². The minimum atomic E-state index is -0.796. The molecule has 0 heterocycles. The van der Waals surface area contributed by atoms with Gasteiger partial charge in [0.1, 0.15) is 6.04 Å². The lowest BCUT2D eigenvalue weighted by Gasteiger charge is -2.26. The zero-order valence-corrected chi connectivity index (χ0v) is 17.3. The molecule has 0 aromatic rings. The molecule has 0 fully saturated rings. The van der Waals surface area contributed by atoms with Crippen molar-refractivity contribution in [2.75, 3.05) is 19.7 Å². The summed E-state index contributed by atoms with van der Waals surface area (Å²) in [6, 6.07) is -0.504. The van der Waals surface area contributed by atoms with Crippen LogP contribution < -0.4 is 0 Å². The van der Waals surface area contributed by atoms with Crippen LogP contribution in [0.15, 0.2) is 0 Å². The van der Waals surface area contributed by atoms with Crippen molar-refractivity contribution >= 4 is 11.9 Å². The maximum Gasteiger partial charge on any atom is 0.320 e. The van der Waals surface area contributed by atoms with E-state index in [9.17, 15) is 14.7 Å². The fourth-order valence-corrected chi connectivity index (χ4v) is 2.96. The molecule has 154 valence electrons. The van der Waals surface area contributed by atoms with E-state index in [-0.39, 0.29) is 5.97 Å². The molecule has 0 aliphatic carbocycles. The van der Waals surface area contributed by atoms with Crippen molar-refractivity contribution in [2.24, 2.45) is 0 Å². The number of carbonyl (C=O) groups is 2. The first kappa shape index (κ1) is 24.9. The first-order chi connectivity index (χ1) is 12.5. The second-order valence-corrected chi connectivity index (χ2v) is 7.20. The van der Waals surface area contributed by atoms with Crippen LogP contribution in [0.4, 0.5) is 0 Å². The van der Waals surface area contributed by atoms with Gasteiger partial charge in [-0.1, -0.05) is 65.2 Å². The number of unbranched alkanes of at least 4 members (excludes halogenated alkanes) is 8. The van der Waals surface area contributed by atoms with Gasteiger partial charge in [0.05, 0.1) is 6.61 Å². The summed E-state index contributed by atoms with van der Waals surface area (Å²) < 4.78 is 5.21. The van der Waals surface area contributed by atoms with Crippen molar-refractivity contribution in [3.05, 3.63) is 0 Å². The molecule has 5 heteroatoms. The number of carbonyl (C=O) groups excluding carboxylic acids is 1. The quantitative estimate of drug-likeness (QED) is 0.270. The van der Waals surface area contributed by atoms with Crippen molar-refractivity contribution in [1.29, 1.82) is 0 Å². The highest BCUT2D eigenvalue weighted by molar-refractivity contribution is 5.73. The Bertz CT molecular complexity index is 360. The zero-order valence-electron chi connectivity index (χ0n) is 17.3. The van der Waals surface area contributed by atoms with E-state index in [2.05, 4.69) is 13.8 Å². The van der Waals surface area contributed by atoms with Gasteiger partial charge in [0.25, 0.3) is 0 Å².